The van der Waals surface area contributed by atoms with Crippen LogP contribution in [0.15, 0.2) is 17.3 Å². The van der Waals surface area contributed by atoms with Crippen LogP contribution in [0.4, 0.5) is 0 Å². The van der Waals surface area contributed by atoms with Gasteiger partial charge in [-0.15, -0.1) is 0 Å². The molecule has 0 amide bonds. The molecule has 1 fully saturated rings. The number of hydrogen-bond donors (Lipinski definition) is 2. The van der Waals surface area contributed by atoms with Crippen molar-refractivity contribution in [2.75, 3.05) is 6.61 Å². The first-order valence-electron chi connectivity index (χ1n) is 6.70. The second-order valence-electron chi connectivity index (χ2n) is 6.28. The van der Waals surface area contributed by atoms with Crippen LogP contribution in [0.3, 0.4) is 0 Å². The number of aliphatic imine (C=N–C) groups is 1. The topological polar surface area (TPSA) is 63.1 Å². The van der Waals surface area contributed by atoms with Crippen LogP contribution in [-0.4, -0.2) is 41.8 Å². The highest BCUT2D eigenvalue weighted by Crippen LogP contribution is 2.42. The normalized spacial score (nSPS) is 33.3. The fourth-order valence-electron chi connectivity index (χ4n) is 2.22. The third-order valence-electron chi connectivity index (χ3n) is 4.42. The van der Waals surface area contributed by atoms with E-state index in [1.165, 1.54) is 0 Å². The van der Waals surface area contributed by atoms with Crippen LogP contribution in [-0.2, 0) is 9.31 Å². The van der Waals surface area contributed by atoms with Gasteiger partial charge in [-0.1, -0.05) is 6.92 Å². The van der Waals surface area contributed by atoms with Crippen molar-refractivity contribution in [3.05, 3.63) is 12.3 Å². The van der Waals surface area contributed by atoms with Crippen molar-refractivity contribution >= 4 is 13.3 Å². The molecule has 0 saturated carbocycles. The van der Waals surface area contributed by atoms with E-state index in [-0.39, 0.29) is 12.5 Å². The fourth-order valence-corrected chi connectivity index (χ4v) is 2.22. The molecule has 0 aromatic rings. The monoisotopic (exact) mass is 266 g/mol. The summed E-state index contributed by atoms with van der Waals surface area (Å²) in [5.74, 6) is -0.136. The summed E-state index contributed by atoms with van der Waals surface area (Å²) >= 11 is 0. The first-order valence-corrected chi connectivity index (χ1v) is 6.70. The van der Waals surface area contributed by atoms with Crippen molar-refractivity contribution in [3.63, 3.8) is 0 Å². The van der Waals surface area contributed by atoms with Gasteiger partial charge in [-0.25, -0.2) is 0 Å². The first kappa shape index (κ1) is 14.6. The molecule has 106 valence electrons. The van der Waals surface area contributed by atoms with Gasteiger partial charge in [0.25, 0.3) is 0 Å². The number of nitrogens with zero attached hydrogens (tertiary/aromatic N) is 1. The number of nitrogens with one attached hydrogen (secondary N) is 1. The van der Waals surface area contributed by atoms with Gasteiger partial charge in [-0.05, 0) is 40.0 Å². The lowest BCUT2D eigenvalue weighted by Crippen LogP contribution is -2.61. The van der Waals surface area contributed by atoms with Gasteiger partial charge in [0.05, 0.1) is 11.2 Å². The molecule has 1 saturated heterocycles. The Kier molecular flexibility index (Phi) is 3.54. The Morgan fingerprint density at radius 3 is 2.26 bits per heavy atom. The summed E-state index contributed by atoms with van der Waals surface area (Å²) in [6.07, 6.45) is 5.34. The van der Waals surface area contributed by atoms with E-state index in [0.717, 1.165) is 0 Å². The minimum absolute atomic E-state index is 0.00224. The molecule has 2 atom stereocenters. The van der Waals surface area contributed by atoms with Crippen LogP contribution in [0.2, 0.25) is 0 Å². The Bertz CT molecular complexity index is 393. The largest absolute Gasteiger partial charge is 0.509 e. The highest BCUT2D eigenvalue weighted by molar-refractivity contribution is 6.50. The molecule has 2 rings (SSSR count). The van der Waals surface area contributed by atoms with Crippen LogP contribution in [0, 0.1) is 5.92 Å². The summed E-state index contributed by atoms with van der Waals surface area (Å²) in [5, 5.41) is 12.7. The van der Waals surface area contributed by atoms with Gasteiger partial charge in [0.1, 0.15) is 0 Å². The maximum absolute atomic E-state index is 9.52. The van der Waals surface area contributed by atoms with E-state index in [0.29, 0.717) is 0 Å². The number of rotatable bonds is 3. The lowest BCUT2D eigenvalue weighted by atomic mass is 9.64. The molecular formula is C13H23BN2O3. The lowest BCUT2D eigenvalue weighted by molar-refractivity contribution is 0.00578. The Morgan fingerprint density at radius 1 is 1.26 bits per heavy atom. The van der Waals surface area contributed by atoms with Gasteiger partial charge < -0.3 is 19.7 Å². The zero-order valence-electron chi connectivity index (χ0n) is 12.3. The van der Waals surface area contributed by atoms with Crippen LogP contribution < -0.4 is 5.32 Å². The van der Waals surface area contributed by atoms with Crippen molar-refractivity contribution in [2.45, 2.75) is 51.4 Å². The molecule has 0 radical (unpaired) electrons. The van der Waals surface area contributed by atoms with E-state index in [4.69, 9.17) is 9.31 Å². The molecule has 2 aliphatic heterocycles. The van der Waals surface area contributed by atoms with Crippen molar-refractivity contribution in [1.82, 2.24) is 5.32 Å². The zero-order chi connectivity index (χ0) is 14.3. The second-order valence-corrected chi connectivity index (χ2v) is 6.28. The minimum Gasteiger partial charge on any atom is -0.400 e. The van der Waals surface area contributed by atoms with Gasteiger partial charge in [0, 0.05) is 18.7 Å². The van der Waals surface area contributed by atoms with Gasteiger partial charge >= 0.3 is 7.12 Å². The quantitative estimate of drug-likeness (QED) is 0.752. The van der Waals surface area contributed by atoms with Crippen molar-refractivity contribution < 1.29 is 14.4 Å². The standard InChI is InChI=1S/C13H23BN2O3/c1-10(9-17)13(15-7-6-8-16-13)14-18-11(2,3)12(4,5)19-14/h6-8,10,15,17H,9H2,1-5H3. The molecule has 19 heavy (non-hydrogen) atoms. The molecule has 2 aliphatic rings. The zero-order valence-corrected chi connectivity index (χ0v) is 12.3. The van der Waals surface area contributed by atoms with E-state index in [9.17, 15) is 5.11 Å². The van der Waals surface area contributed by atoms with Crippen molar-refractivity contribution in [2.24, 2.45) is 10.9 Å². The Hall–Kier alpha value is -0.845. The summed E-state index contributed by atoms with van der Waals surface area (Å²) in [6, 6.07) is 0. The van der Waals surface area contributed by atoms with E-state index < -0.39 is 23.9 Å². The number of hydrogen-bond acceptors (Lipinski definition) is 5. The van der Waals surface area contributed by atoms with E-state index in [1.54, 1.807) is 6.21 Å². The molecule has 6 heteroatoms. The third kappa shape index (κ3) is 2.22. The average Bonchev–Trinajstić information content (AvgIpc) is 2.58. The van der Waals surface area contributed by atoms with Gasteiger partial charge in [0.2, 0.25) is 0 Å². The summed E-state index contributed by atoms with van der Waals surface area (Å²) in [5.41, 5.74) is -1.62. The highest BCUT2D eigenvalue weighted by atomic mass is 16.7. The van der Waals surface area contributed by atoms with E-state index in [1.807, 2.05) is 46.9 Å². The molecule has 0 bridgehead atoms. The molecule has 2 unspecified atom stereocenters. The lowest BCUT2D eigenvalue weighted by Gasteiger charge is -2.37. The van der Waals surface area contributed by atoms with Crippen molar-refractivity contribution in [3.8, 4) is 0 Å². The Balaban J connectivity index is 2.32. The van der Waals surface area contributed by atoms with E-state index in [2.05, 4.69) is 10.3 Å². The fraction of sp³-hybridized carbons (Fsp3) is 0.769. The maximum Gasteiger partial charge on any atom is 0.509 e. The second kappa shape index (κ2) is 4.61. The average molecular weight is 266 g/mol. The summed E-state index contributed by atoms with van der Waals surface area (Å²) in [4.78, 5) is 4.51. The molecule has 0 spiro atoms. The van der Waals surface area contributed by atoms with Crippen LogP contribution in [0.1, 0.15) is 34.6 Å². The summed E-state index contributed by atoms with van der Waals surface area (Å²) in [7, 11) is -0.541. The number of aliphatic hydroxyl groups is 1. The van der Waals surface area contributed by atoms with Crippen molar-refractivity contribution in [1.29, 1.82) is 0 Å². The molecule has 2 N–H and O–H groups in total. The summed E-state index contributed by atoms with van der Waals surface area (Å²) in [6.45, 7) is 9.95. The molecule has 0 aromatic heterocycles. The SMILES string of the molecule is CC(CO)C1(B2OC(C)(C)C(C)(C)O2)N=CC=CN1. The van der Waals surface area contributed by atoms with Crippen LogP contribution >= 0.6 is 0 Å². The summed E-state index contributed by atoms with van der Waals surface area (Å²) < 4.78 is 12.2. The van der Waals surface area contributed by atoms with Gasteiger partial charge in [-0.2, -0.15) is 0 Å². The predicted octanol–water partition coefficient (Wildman–Crippen LogP) is 1.13. The third-order valence-corrected chi connectivity index (χ3v) is 4.42. The van der Waals surface area contributed by atoms with Gasteiger partial charge in [0.15, 0.2) is 5.56 Å². The number of aliphatic hydroxyl groups excluding tert-OH is 1. The van der Waals surface area contributed by atoms with Crippen LogP contribution in [0.5, 0.6) is 0 Å². The number of allylic oxidation sites excluding steroid dienone is 1. The molecule has 0 aliphatic carbocycles. The predicted molar refractivity (Wildman–Crippen MR) is 75.8 cm³/mol. The molecular weight excluding hydrogens is 243 g/mol. The first-order chi connectivity index (χ1) is 8.75. The Morgan fingerprint density at radius 2 is 1.84 bits per heavy atom. The highest BCUT2D eigenvalue weighted by Gasteiger charge is 2.61. The Labute approximate surface area is 115 Å². The maximum atomic E-state index is 9.52. The minimum atomic E-state index is -0.783. The van der Waals surface area contributed by atoms with E-state index >= 15 is 0 Å². The molecule has 0 aromatic carbocycles. The van der Waals surface area contributed by atoms with Crippen LogP contribution in [0.25, 0.3) is 0 Å². The smallest absolute Gasteiger partial charge is 0.400 e. The van der Waals surface area contributed by atoms with Gasteiger partial charge in [-0.3, -0.25) is 4.99 Å². The molecule has 5 nitrogen and oxygen atoms in total. The molecule has 2 heterocycles.